The molecular formula is C15H22FN3O3. The molecule has 3 amide bonds. The van der Waals surface area contributed by atoms with Crippen molar-refractivity contribution < 1.29 is 18.7 Å². The van der Waals surface area contributed by atoms with Crippen molar-refractivity contribution in [2.75, 3.05) is 27.7 Å². The second-order valence-corrected chi connectivity index (χ2v) is 4.94. The van der Waals surface area contributed by atoms with E-state index >= 15 is 0 Å². The number of hydrogen-bond donors (Lipinski definition) is 2. The third-order valence-corrected chi connectivity index (χ3v) is 3.09. The largest absolute Gasteiger partial charge is 0.494 e. The number of imide groups is 1. The van der Waals surface area contributed by atoms with E-state index in [9.17, 15) is 14.0 Å². The fourth-order valence-electron chi connectivity index (χ4n) is 1.96. The number of carbonyl (C=O) groups excluding carboxylic acids is 2. The second kappa shape index (κ2) is 8.99. The van der Waals surface area contributed by atoms with Gasteiger partial charge in [0.1, 0.15) is 0 Å². The third kappa shape index (κ3) is 6.09. The van der Waals surface area contributed by atoms with E-state index in [1.54, 1.807) is 12.1 Å². The summed E-state index contributed by atoms with van der Waals surface area (Å²) in [4.78, 5) is 24.3. The van der Waals surface area contributed by atoms with Crippen LogP contribution < -0.4 is 15.4 Å². The van der Waals surface area contributed by atoms with Crippen LogP contribution in [0.2, 0.25) is 0 Å². The van der Waals surface area contributed by atoms with E-state index in [1.165, 1.54) is 20.2 Å². The lowest BCUT2D eigenvalue weighted by atomic mass is 10.2. The van der Waals surface area contributed by atoms with Gasteiger partial charge in [-0.25, -0.2) is 9.18 Å². The van der Waals surface area contributed by atoms with Crippen LogP contribution in [0.5, 0.6) is 5.75 Å². The molecule has 6 nitrogen and oxygen atoms in total. The minimum Gasteiger partial charge on any atom is -0.494 e. The highest BCUT2D eigenvalue weighted by Crippen LogP contribution is 2.18. The van der Waals surface area contributed by atoms with Crippen molar-refractivity contribution in [2.24, 2.45) is 0 Å². The molecule has 0 aliphatic carbocycles. The molecular weight excluding hydrogens is 289 g/mol. The lowest BCUT2D eigenvalue weighted by molar-refractivity contribution is -0.120. The number of nitrogens with zero attached hydrogens (tertiary/aromatic N) is 1. The van der Waals surface area contributed by atoms with E-state index in [-0.39, 0.29) is 18.1 Å². The van der Waals surface area contributed by atoms with Gasteiger partial charge in [-0.1, -0.05) is 6.07 Å². The Morgan fingerprint density at radius 2 is 2.09 bits per heavy atom. The molecule has 1 rings (SSSR count). The number of carbonyl (C=O) groups is 2. The molecule has 22 heavy (non-hydrogen) atoms. The smallest absolute Gasteiger partial charge is 0.321 e. The molecule has 0 aromatic heterocycles. The summed E-state index contributed by atoms with van der Waals surface area (Å²) in [6.07, 6.45) is 0.868. The Balaban J connectivity index is 2.34. The van der Waals surface area contributed by atoms with Crippen molar-refractivity contribution in [2.45, 2.75) is 19.4 Å². The summed E-state index contributed by atoms with van der Waals surface area (Å²) in [5.74, 6) is -0.487. The zero-order chi connectivity index (χ0) is 16.5. The monoisotopic (exact) mass is 311 g/mol. The minimum atomic E-state index is -0.507. The maximum Gasteiger partial charge on any atom is 0.321 e. The van der Waals surface area contributed by atoms with Gasteiger partial charge in [0, 0.05) is 20.0 Å². The van der Waals surface area contributed by atoms with E-state index in [4.69, 9.17) is 4.74 Å². The molecule has 122 valence electrons. The van der Waals surface area contributed by atoms with Gasteiger partial charge in [-0.15, -0.1) is 0 Å². The Hall–Kier alpha value is -2.15. The molecule has 0 saturated heterocycles. The molecule has 0 atom stereocenters. The first-order valence-electron chi connectivity index (χ1n) is 6.98. The predicted molar refractivity (Wildman–Crippen MR) is 81.1 cm³/mol. The van der Waals surface area contributed by atoms with Gasteiger partial charge in [0.25, 0.3) is 0 Å². The van der Waals surface area contributed by atoms with E-state index in [1.807, 2.05) is 11.9 Å². The van der Waals surface area contributed by atoms with Crippen molar-refractivity contribution in [1.82, 2.24) is 15.5 Å². The molecule has 0 fully saturated rings. The van der Waals surface area contributed by atoms with Crippen LogP contribution in [0.15, 0.2) is 18.2 Å². The Labute approximate surface area is 129 Å². The molecule has 0 aliphatic rings. The third-order valence-electron chi connectivity index (χ3n) is 3.09. The highest BCUT2D eigenvalue weighted by Gasteiger charge is 2.08. The van der Waals surface area contributed by atoms with Gasteiger partial charge >= 0.3 is 6.03 Å². The summed E-state index contributed by atoms with van der Waals surface area (Å²) in [6, 6.07) is 4.33. The average Bonchev–Trinajstić information content (AvgIpc) is 2.47. The van der Waals surface area contributed by atoms with Crippen molar-refractivity contribution in [3.63, 3.8) is 0 Å². The maximum absolute atomic E-state index is 13.6. The van der Waals surface area contributed by atoms with Gasteiger partial charge in [0.15, 0.2) is 11.6 Å². The Morgan fingerprint density at radius 3 is 2.68 bits per heavy atom. The first-order valence-corrected chi connectivity index (χ1v) is 6.98. The molecule has 0 aliphatic heterocycles. The second-order valence-electron chi connectivity index (χ2n) is 4.94. The summed E-state index contributed by atoms with van der Waals surface area (Å²) in [7, 11) is 4.76. The van der Waals surface area contributed by atoms with Gasteiger partial charge in [-0.3, -0.25) is 10.1 Å². The van der Waals surface area contributed by atoms with Crippen LogP contribution in [0.1, 0.15) is 18.4 Å². The molecule has 0 spiro atoms. The number of rotatable bonds is 7. The molecule has 2 N–H and O–H groups in total. The van der Waals surface area contributed by atoms with Gasteiger partial charge in [0.2, 0.25) is 5.91 Å². The zero-order valence-corrected chi connectivity index (χ0v) is 13.1. The van der Waals surface area contributed by atoms with Gasteiger partial charge < -0.3 is 15.0 Å². The Bertz CT molecular complexity index is 523. The molecule has 0 heterocycles. The fraction of sp³-hybridized carbons (Fsp3) is 0.467. The maximum atomic E-state index is 13.6. The number of halogens is 1. The number of benzene rings is 1. The Morgan fingerprint density at radius 1 is 1.36 bits per heavy atom. The van der Waals surface area contributed by atoms with Crippen LogP contribution in [0, 0.1) is 5.82 Å². The lowest BCUT2D eigenvalue weighted by Crippen LogP contribution is -2.37. The number of hydrogen-bond acceptors (Lipinski definition) is 4. The summed E-state index contributed by atoms with van der Waals surface area (Å²) in [5, 5.41) is 4.52. The predicted octanol–water partition coefficient (Wildman–Crippen LogP) is 1.50. The zero-order valence-electron chi connectivity index (χ0n) is 13.1. The number of methoxy groups -OCH3 is 1. The Kier molecular flexibility index (Phi) is 7.31. The standard InChI is InChI=1S/C15H22FN3O3/c1-17-15(21)18-14(20)5-4-8-19(2)10-11-6-7-13(22-3)12(16)9-11/h6-7,9H,4-5,8,10H2,1-3H3,(H2,17,18,20,21). The normalized spacial score (nSPS) is 10.4. The lowest BCUT2D eigenvalue weighted by Gasteiger charge is -2.16. The summed E-state index contributed by atoms with van der Waals surface area (Å²) in [5.41, 5.74) is 0.829. The topological polar surface area (TPSA) is 70.7 Å². The molecule has 0 radical (unpaired) electrons. The van der Waals surface area contributed by atoms with Crippen LogP contribution >= 0.6 is 0 Å². The van der Waals surface area contributed by atoms with Gasteiger partial charge in [0.05, 0.1) is 7.11 Å². The average molecular weight is 311 g/mol. The molecule has 1 aromatic rings. The van der Waals surface area contributed by atoms with E-state index in [0.717, 1.165) is 5.56 Å². The quantitative estimate of drug-likeness (QED) is 0.800. The van der Waals surface area contributed by atoms with Crippen molar-refractivity contribution in [3.05, 3.63) is 29.6 Å². The van der Waals surface area contributed by atoms with Crippen molar-refractivity contribution in [3.8, 4) is 5.75 Å². The van der Waals surface area contributed by atoms with Gasteiger partial charge in [-0.05, 0) is 37.7 Å². The van der Waals surface area contributed by atoms with Crippen molar-refractivity contribution >= 4 is 11.9 Å². The van der Waals surface area contributed by atoms with Crippen LogP contribution in [-0.2, 0) is 11.3 Å². The first kappa shape index (κ1) is 17.9. The van der Waals surface area contributed by atoms with E-state index in [0.29, 0.717) is 19.5 Å². The summed E-state index contributed by atoms with van der Waals surface area (Å²) >= 11 is 0. The van der Waals surface area contributed by atoms with E-state index in [2.05, 4.69) is 10.6 Å². The van der Waals surface area contributed by atoms with Crippen LogP contribution in [0.4, 0.5) is 9.18 Å². The highest BCUT2D eigenvalue weighted by atomic mass is 19.1. The molecule has 0 unspecified atom stereocenters. The number of ether oxygens (including phenoxy) is 1. The fourth-order valence-corrected chi connectivity index (χ4v) is 1.96. The number of amides is 3. The molecule has 1 aromatic carbocycles. The molecule has 0 bridgehead atoms. The summed E-state index contributed by atoms with van der Waals surface area (Å²) < 4.78 is 18.5. The van der Waals surface area contributed by atoms with Crippen LogP contribution in [0.25, 0.3) is 0 Å². The SMILES string of the molecule is CNC(=O)NC(=O)CCCN(C)Cc1ccc(OC)c(F)c1. The van der Waals surface area contributed by atoms with Crippen LogP contribution in [-0.4, -0.2) is 44.6 Å². The van der Waals surface area contributed by atoms with E-state index < -0.39 is 11.8 Å². The molecule has 0 saturated carbocycles. The number of nitrogens with one attached hydrogen (secondary N) is 2. The van der Waals surface area contributed by atoms with Crippen molar-refractivity contribution in [1.29, 1.82) is 0 Å². The molecule has 7 heteroatoms. The van der Waals surface area contributed by atoms with Gasteiger partial charge in [-0.2, -0.15) is 0 Å². The number of urea groups is 1. The minimum absolute atomic E-state index is 0.220. The highest BCUT2D eigenvalue weighted by molar-refractivity contribution is 5.94. The summed E-state index contributed by atoms with van der Waals surface area (Å²) in [6.45, 7) is 1.23. The van der Waals surface area contributed by atoms with Crippen LogP contribution in [0.3, 0.4) is 0 Å². The first-order chi connectivity index (χ1) is 10.5.